The van der Waals surface area contributed by atoms with E-state index in [1.807, 2.05) is 0 Å². The summed E-state index contributed by atoms with van der Waals surface area (Å²) in [5, 5.41) is 3.75. The predicted molar refractivity (Wildman–Crippen MR) is 87.5 cm³/mol. The minimum atomic E-state index is 0.608. The van der Waals surface area contributed by atoms with Crippen LogP contribution < -0.4 is 5.32 Å². The molecule has 0 rings (SSSR count). The third-order valence-electron chi connectivity index (χ3n) is 3.60. The Morgan fingerprint density at radius 1 is 1.16 bits per heavy atom. The Kier molecular flexibility index (Phi) is 11.0. The van der Waals surface area contributed by atoms with Crippen molar-refractivity contribution in [3.8, 4) is 0 Å². The lowest BCUT2D eigenvalue weighted by Crippen LogP contribution is -2.37. The zero-order chi connectivity index (χ0) is 14.7. The number of hydrogen-bond acceptors (Lipinski definition) is 1. The highest BCUT2D eigenvalue weighted by Gasteiger charge is 2.23. The molecule has 1 nitrogen and oxygen atoms in total. The molecule has 0 fully saturated rings. The summed E-state index contributed by atoms with van der Waals surface area (Å²) in [6.07, 6.45) is 8.18. The van der Waals surface area contributed by atoms with Gasteiger partial charge in [-0.25, -0.2) is 0 Å². The van der Waals surface area contributed by atoms with Gasteiger partial charge in [-0.05, 0) is 56.7 Å². The summed E-state index contributed by atoms with van der Waals surface area (Å²) in [6.45, 7) is 14.7. The molecule has 112 valence electrons. The van der Waals surface area contributed by atoms with Crippen molar-refractivity contribution in [2.75, 3.05) is 6.54 Å². The third-order valence-corrected chi connectivity index (χ3v) is 3.60. The maximum atomic E-state index is 3.75. The van der Waals surface area contributed by atoms with Gasteiger partial charge in [-0.15, -0.1) is 5.73 Å². The fraction of sp³-hybridized carbons (Fsp3) is 0.833. The van der Waals surface area contributed by atoms with Crippen LogP contribution in [0.1, 0.15) is 73.6 Å². The van der Waals surface area contributed by atoms with E-state index in [1.54, 1.807) is 0 Å². The summed E-state index contributed by atoms with van der Waals surface area (Å²) in [6, 6.07) is 0.608. The van der Waals surface area contributed by atoms with Crippen LogP contribution in [0.4, 0.5) is 0 Å². The lowest BCUT2D eigenvalue weighted by atomic mass is 9.81. The quantitative estimate of drug-likeness (QED) is 0.527. The molecule has 0 heterocycles. The van der Waals surface area contributed by atoms with E-state index in [9.17, 15) is 0 Å². The van der Waals surface area contributed by atoms with Crippen LogP contribution in [0.15, 0.2) is 17.4 Å². The first kappa shape index (κ1) is 18.5. The summed E-state index contributed by atoms with van der Waals surface area (Å²) < 4.78 is 0. The SMILES string of the molecule is CC=C=C(CCC)C(CC(C)C)C(CC)NCCC. The molecule has 0 aromatic rings. The zero-order valence-corrected chi connectivity index (χ0v) is 14.1. The van der Waals surface area contributed by atoms with E-state index < -0.39 is 0 Å². The van der Waals surface area contributed by atoms with Gasteiger partial charge in [-0.3, -0.25) is 0 Å². The first-order chi connectivity index (χ1) is 9.10. The van der Waals surface area contributed by atoms with Crippen molar-refractivity contribution in [3.63, 3.8) is 0 Å². The van der Waals surface area contributed by atoms with E-state index in [0.717, 1.165) is 12.5 Å². The van der Waals surface area contributed by atoms with Gasteiger partial charge in [-0.1, -0.05) is 41.0 Å². The Morgan fingerprint density at radius 2 is 1.84 bits per heavy atom. The minimum Gasteiger partial charge on any atom is -0.313 e. The van der Waals surface area contributed by atoms with Crippen molar-refractivity contribution in [1.29, 1.82) is 0 Å². The summed E-state index contributed by atoms with van der Waals surface area (Å²) in [5.74, 6) is 1.39. The van der Waals surface area contributed by atoms with Crippen LogP contribution in [-0.4, -0.2) is 12.6 Å². The summed E-state index contributed by atoms with van der Waals surface area (Å²) in [5.41, 5.74) is 5.05. The van der Waals surface area contributed by atoms with E-state index >= 15 is 0 Å². The molecule has 19 heavy (non-hydrogen) atoms. The molecule has 0 spiro atoms. The van der Waals surface area contributed by atoms with Gasteiger partial charge in [0.1, 0.15) is 0 Å². The van der Waals surface area contributed by atoms with Crippen LogP contribution in [0.25, 0.3) is 0 Å². The largest absolute Gasteiger partial charge is 0.313 e. The van der Waals surface area contributed by atoms with E-state index in [0.29, 0.717) is 12.0 Å². The molecule has 0 aromatic carbocycles. The highest BCUT2D eigenvalue weighted by atomic mass is 14.9. The van der Waals surface area contributed by atoms with Crippen molar-refractivity contribution in [2.24, 2.45) is 11.8 Å². The molecule has 0 aliphatic rings. The molecule has 2 unspecified atom stereocenters. The fourth-order valence-corrected chi connectivity index (χ4v) is 2.78. The molecule has 0 saturated heterocycles. The minimum absolute atomic E-state index is 0.608. The van der Waals surface area contributed by atoms with E-state index in [-0.39, 0.29) is 0 Å². The Morgan fingerprint density at radius 3 is 2.26 bits per heavy atom. The van der Waals surface area contributed by atoms with Crippen molar-refractivity contribution in [3.05, 3.63) is 17.4 Å². The van der Waals surface area contributed by atoms with E-state index in [2.05, 4.69) is 58.7 Å². The van der Waals surface area contributed by atoms with E-state index in [1.165, 1.54) is 37.7 Å². The second-order valence-corrected chi connectivity index (χ2v) is 5.91. The Balaban J connectivity index is 5.07. The fourth-order valence-electron chi connectivity index (χ4n) is 2.78. The van der Waals surface area contributed by atoms with E-state index in [4.69, 9.17) is 0 Å². The number of nitrogens with one attached hydrogen (secondary N) is 1. The molecular weight excluding hydrogens is 230 g/mol. The molecule has 2 atom stereocenters. The lowest BCUT2D eigenvalue weighted by Gasteiger charge is -2.30. The molecule has 0 saturated carbocycles. The van der Waals surface area contributed by atoms with Gasteiger partial charge in [0.15, 0.2) is 0 Å². The summed E-state index contributed by atoms with van der Waals surface area (Å²) >= 11 is 0. The van der Waals surface area contributed by atoms with Crippen molar-refractivity contribution in [2.45, 2.75) is 79.7 Å². The van der Waals surface area contributed by atoms with Crippen LogP contribution in [0, 0.1) is 11.8 Å². The summed E-state index contributed by atoms with van der Waals surface area (Å²) in [7, 11) is 0. The van der Waals surface area contributed by atoms with Crippen LogP contribution in [0.3, 0.4) is 0 Å². The molecule has 0 radical (unpaired) electrons. The van der Waals surface area contributed by atoms with Gasteiger partial charge in [0.2, 0.25) is 0 Å². The van der Waals surface area contributed by atoms with Gasteiger partial charge >= 0.3 is 0 Å². The maximum Gasteiger partial charge on any atom is 0.0136 e. The lowest BCUT2D eigenvalue weighted by molar-refractivity contribution is 0.326. The highest BCUT2D eigenvalue weighted by molar-refractivity contribution is 5.09. The molecule has 0 aliphatic heterocycles. The highest BCUT2D eigenvalue weighted by Crippen LogP contribution is 2.28. The van der Waals surface area contributed by atoms with Gasteiger partial charge in [-0.2, -0.15) is 0 Å². The van der Waals surface area contributed by atoms with Gasteiger partial charge in [0.25, 0.3) is 0 Å². The van der Waals surface area contributed by atoms with Crippen LogP contribution in [0.5, 0.6) is 0 Å². The first-order valence-electron chi connectivity index (χ1n) is 8.23. The molecule has 1 heteroatoms. The summed E-state index contributed by atoms with van der Waals surface area (Å²) in [4.78, 5) is 0. The average molecular weight is 265 g/mol. The number of hydrogen-bond donors (Lipinski definition) is 1. The molecule has 0 bridgehead atoms. The van der Waals surface area contributed by atoms with Crippen LogP contribution >= 0.6 is 0 Å². The average Bonchev–Trinajstić information content (AvgIpc) is 2.37. The number of rotatable bonds is 10. The van der Waals surface area contributed by atoms with Crippen molar-refractivity contribution < 1.29 is 0 Å². The maximum absolute atomic E-state index is 3.75. The van der Waals surface area contributed by atoms with Gasteiger partial charge in [0.05, 0.1) is 0 Å². The molecule has 0 aliphatic carbocycles. The molecule has 0 amide bonds. The second kappa shape index (κ2) is 11.3. The predicted octanol–water partition coefficient (Wildman–Crippen LogP) is 5.33. The first-order valence-corrected chi connectivity index (χ1v) is 8.23. The molecule has 0 aromatic heterocycles. The third kappa shape index (κ3) is 7.60. The molecular formula is C18H35N. The zero-order valence-electron chi connectivity index (χ0n) is 14.1. The normalized spacial score (nSPS) is 14.1. The van der Waals surface area contributed by atoms with Crippen LogP contribution in [-0.2, 0) is 0 Å². The van der Waals surface area contributed by atoms with Crippen LogP contribution in [0.2, 0.25) is 0 Å². The molecule has 1 N–H and O–H groups in total. The Hall–Kier alpha value is -0.520. The van der Waals surface area contributed by atoms with Gasteiger partial charge < -0.3 is 5.32 Å². The van der Waals surface area contributed by atoms with Gasteiger partial charge in [0, 0.05) is 12.0 Å². The topological polar surface area (TPSA) is 12.0 Å². The monoisotopic (exact) mass is 265 g/mol. The Bertz CT molecular complexity index is 271. The van der Waals surface area contributed by atoms with Crippen molar-refractivity contribution >= 4 is 0 Å². The van der Waals surface area contributed by atoms with Crippen molar-refractivity contribution in [1.82, 2.24) is 5.32 Å². The standard InChI is InChI=1S/C18H35N/c1-7-11-16(12-8-2)17(14-15(5)6)18(10-4)19-13-9-3/h7,15,17-19H,8-10,12-14H2,1-6H3. The Labute approximate surface area is 121 Å². The smallest absolute Gasteiger partial charge is 0.0136 e. The second-order valence-electron chi connectivity index (χ2n) is 5.91.